The van der Waals surface area contributed by atoms with Crippen LogP contribution >= 0.6 is 23.2 Å². The predicted octanol–water partition coefficient (Wildman–Crippen LogP) is 7.00. The number of hydrogen-bond donors (Lipinski definition) is 1. The first-order chi connectivity index (χ1) is 14.3. The van der Waals surface area contributed by atoms with Gasteiger partial charge < -0.3 is 0 Å². The van der Waals surface area contributed by atoms with E-state index in [0.29, 0.717) is 0 Å². The average molecular weight is 482 g/mol. The van der Waals surface area contributed by atoms with Crippen LogP contribution in [0.25, 0.3) is 0 Å². The van der Waals surface area contributed by atoms with Crippen LogP contribution in [0.2, 0.25) is 0 Å². The maximum absolute atomic E-state index is 14.5. The number of hydrogen-bond acceptors (Lipinski definition) is 1. The molecular formula is C26H29BrNOP. The van der Waals surface area contributed by atoms with E-state index in [-0.39, 0.29) is 11.5 Å². The molecule has 0 aliphatic rings. The minimum absolute atomic E-state index is 0.174. The molecule has 0 heterocycles. The van der Waals surface area contributed by atoms with Crippen LogP contribution < -0.4 is 15.7 Å². The van der Waals surface area contributed by atoms with Crippen LogP contribution in [-0.4, -0.2) is 0 Å². The summed E-state index contributed by atoms with van der Waals surface area (Å²) in [6, 6.07) is 27.5. The third-order valence-corrected chi connectivity index (χ3v) is 8.07. The zero-order valence-electron chi connectivity index (χ0n) is 17.8. The third-order valence-electron chi connectivity index (χ3n) is 4.85. The van der Waals surface area contributed by atoms with Gasteiger partial charge in [-0.2, -0.15) is 0 Å². The average Bonchev–Trinajstić information content (AvgIpc) is 2.74. The molecule has 0 aromatic heterocycles. The van der Waals surface area contributed by atoms with Gasteiger partial charge in [0.25, 0.3) is 0 Å². The minimum atomic E-state index is -3.05. The van der Waals surface area contributed by atoms with E-state index < -0.39 is 7.29 Å². The SMILES string of the molecule is CC(C)(C)C/C=C/C(NP(=O)(c1ccccc1)c1ccccc1)c1ccc(Br)cc1. The topological polar surface area (TPSA) is 29.1 Å². The summed E-state index contributed by atoms with van der Waals surface area (Å²) in [6.07, 6.45) is 5.29. The Bertz CT molecular complexity index is 965. The molecule has 2 nitrogen and oxygen atoms in total. The number of nitrogens with one attached hydrogen (secondary N) is 1. The second kappa shape index (κ2) is 9.92. The van der Waals surface area contributed by atoms with Crippen LogP contribution in [-0.2, 0) is 4.57 Å². The molecular weight excluding hydrogens is 453 g/mol. The molecule has 0 amide bonds. The second-order valence-electron chi connectivity index (χ2n) is 8.63. The molecule has 1 atom stereocenters. The van der Waals surface area contributed by atoms with E-state index >= 15 is 0 Å². The maximum Gasteiger partial charge on any atom is 0.205 e. The summed E-state index contributed by atoms with van der Waals surface area (Å²) in [5.74, 6) is 0. The standard InChI is InChI=1S/C26H29BrNOP/c1-26(2,3)20-10-15-25(21-16-18-22(27)19-17-21)28-30(29,23-11-6-4-7-12-23)24-13-8-5-9-14-24/h4-19,25H,20H2,1-3H3,(H,28,29)/b15-10+. The lowest BCUT2D eigenvalue weighted by molar-refractivity contribution is 0.420. The van der Waals surface area contributed by atoms with Gasteiger partial charge in [0, 0.05) is 15.1 Å². The highest BCUT2D eigenvalue weighted by molar-refractivity contribution is 9.10. The molecule has 0 aliphatic heterocycles. The first-order valence-electron chi connectivity index (χ1n) is 10.2. The van der Waals surface area contributed by atoms with Crippen molar-refractivity contribution in [1.82, 2.24) is 5.09 Å². The molecule has 156 valence electrons. The van der Waals surface area contributed by atoms with Gasteiger partial charge in [0.05, 0.1) is 6.04 Å². The fourth-order valence-electron chi connectivity index (χ4n) is 3.23. The fourth-order valence-corrected chi connectivity index (χ4v) is 5.90. The molecule has 0 fully saturated rings. The van der Waals surface area contributed by atoms with E-state index in [1.807, 2.05) is 72.8 Å². The first kappa shape index (κ1) is 22.7. The molecule has 0 bridgehead atoms. The molecule has 1 unspecified atom stereocenters. The fraction of sp³-hybridized carbons (Fsp3) is 0.231. The number of halogens is 1. The van der Waals surface area contributed by atoms with Crippen molar-refractivity contribution in [3.63, 3.8) is 0 Å². The summed E-state index contributed by atoms with van der Waals surface area (Å²) in [6.45, 7) is 6.66. The normalized spacial score (nSPS) is 13.5. The molecule has 3 aromatic rings. The molecule has 1 N–H and O–H groups in total. The Morgan fingerprint density at radius 2 is 1.37 bits per heavy atom. The summed E-state index contributed by atoms with van der Waals surface area (Å²) < 4.78 is 15.5. The van der Waals surface area contributed by atoms with Crippen LogP contribution in [0.3, 0.4) is 0 Å². The molecule has 3 rings (SSSR count). The van der Waals surface area contributed by atoms with Crippen LogP contribution in [0.1, 0.15) is 38.8 Å². The van der Waals surface area contributed by atoms with Gasteiger partial charge in [0.15, 0.2) is 0 Å². The van der Waals surface area contributed by atoms with Crippen molar-refractivity contribution in [2.45, 2.75) is 33.2 Å². The Kier molecular flexibility index (Phi) is 7.52. The molecule has 0 radical (unpaired) electrons. The zero-order valence-corrected chi connectivity index (χ0v) is 20.2. The van der Waals surface area contributed by atoms with Gasteiger partial charge in [-0.1, -0.05) is 97.4 Å². The van der Waals surface area contributed by atoms with Crippen molar-refractivity contribution in [3.8, 4) is 0 Å². The highest BCUT2D eigenvalue weighted by Gasteiger charge is 2.29. The molecule has 0 saturated heterocycles. The molecule has 0 aliphatic carbocycles. The van der Waals surface area contributed by atoms with Crippen molar-refractivity contribution < 1.29 is 4.57 Å². The highest BCUT2D eigenvalue weighted by Crippen LogP contribution is 2.42. The third kappa shape index (κ3) is 6.04. The van der Waals surface area contributed by atoms with Crippen LogP contribution in [0.15, 0.2) is 102 Å². The van der Waals surface area contributed by atoms with E-state index in [0.717, 1.165) is 27.1 Å². The largest absolute Gasteiger partial charge is 0.296 e. The Labute approximate surface area is 189 Å². The first-order valence-corrected chi connectivity index (χ1v) is 12.7. The summed E-state index contributed by atoms with van der Waals surface area (Å²) >= 11 is 3.51. The van der Waals surface area contributed by atoms with Crippen molar-refractivity contribution in [2.75, 3.05) is 0 Å². The van der Waals surface area contributed by atoms with Gasteiger partial charge >= 0.3 is 0 Å². The van der Waals surface area contributed by atoms with Gasteiger partial charge in [-0.15, -0.1) is 0 Å². The van der Waals surface area contributed by atoms with E-state index in [9.17, 15) is 4.57 Å². The number of rotatable bonds is 7. The lowest BCUT2D eigenvalue weighted by Crippen LogP contribution is -2.30. The van der Waals surface area contributed by atoms with Gasteiger partial charge in [0.1, 0.15) is 0 Å². The minimum Gasteiger partial charge on any atom is -0.296 e. The van der Waals surface area contributed by atoms with E-state index in [1.165, 1.54) is 0 Å². The van der Waals surface area contributed by atoms with Gasteiger partial charge in [0.2, 0.25) is 7.29 Å². The van der Waals surface area contributed by atoms with Gasteiger partial charge in [-0.05, 0) is 53.8 Å². The summed E-state index contributed by atoms with van der Waals surface area (Å²) in [7, 11) is -3.05. The molecule has 3 aromatic carbocycles. The predicted molar refractivity (Wildman–Crippen MR) is 133 cm³/mol. The molecule has 0 saturated carbocycles. The van der Waals surface area contributed by atoms with E-state index in [1.54, 1.807) is 0 Å². The van der Waals surface area contributed by atoms with Crippen molar-refractivity contribution >= 4 is 33.8 Å². The van der Waals surface area contributed by atoms with Crippen LogP contribution in [0.4, 0.5) is 0 Å². The maximum atomic E-state index is 14.5. The van der Waals surface area contributed by atoms with Gasteiger partial charge in [-0.25, -0.2) is 5.09 Å². The lowest BCUT2D eigenvalue weighted by atomic mass is 9.91. The molecule has 4 heteroatoms. The Morgan fingerprint density at radius 1 is 0.867 bits per heavy atom. The van der Waals surface area contributed by atoms with E-state index in [2.05, 4.69) is 66.1 Å². The monoisotopic (exact) mass is 481 g/mol. The van der Waals surface area contributed by atoms with Crippen LogP contribution in [0.5, 0.6) is 0 Å². The molecule has 0 spiro atoms. The van der Waals surface area contributed by atoms with Crippen LogP contribution in [0, 0.1) is 5.41 Å². The van der Waals surface area contributed by atoms with Crippen molar-refractivity contribution in [1.29, 1.82) is 0 Å². The second-order valence-corrected chi connectivity index (χ2v) is 12.1. The quantitative estimate of drug-likeness (QED) is 0.290. The summed E-state index contributed by atoms with van der Waals surface area (Å²) in [4.78, 5) is 0. The number of allylic oxidation sites excluding steroid dienone is 1. The number of benzene rings is 3. The molecule has 30 heavy (non-hydrogen) atoms. The summed E-state index contributed by atoms with van der Waals surface area (Å²) in [5.41, 5.74) is 1.28. The Hall–Kier alpha value is -1.93. The Balaban J connectivity index is 2.04. The van der Waals surface area contributed by atoms with E-state index in [4.69, 9.17) is 0 Å². The van der Waals surface area contributed by atoms with Crippen molar-refractivity contribution in [2.24, 2.45) is 5.41 Å². The highest BCUT2D eigenvalue weighted by atomic mass is 79.9. The Morgan fingerprint density at radius 3 is 1.83 bits per heavy atom. The zero-order chi connectivity index (χ0) is 21.6. The van der Waals surface area contributed by atoms with Crippen molar-refractivity contribution in [3.05, 3.63) is 107 Å². The van der Waals surface area contributed by atoms with Gasteiger partial charge in [-0.3, -0.25) is 4.57 Å². The smallest absolute Gasteiger partial charge is 0.205 e. The lowest BCUT2D eigenvalue weighted by Gasteiger charge is -2.26. The summed E-state index contributed by atoms with van der Waals surface area (Å²) in [5, 5.41) is 5.15.